The SMILES string of the molecule is CCNC(=O)CCCCCN1C(=O)CC(SC(C)C)C1=O. The monoisotopic (exact) mass is 314 g/mol. The molecule has 1 heterocycles. The minimum atomic E-state index is -0.201. The number of carbonyl (C=O) groups is 3. The molecule has 6 heteroatoms. The zero-order chi connectivity index (χ0) is 15.8. The number of hydrogen-bond acceptors (Lipinski definition) is 4. The Hall–Kier alpha value is -1.04. The number of hydrogen-bond donors (Lipinski definition) is 1. The minimum Gasteiger partial charge on any atom is -0.356 e. The maximum Gasteiger partial charge on any atom is 0.242 e. The molecule has 0 spiro atoms. The average molecular weight is 314 g/mol. The fourth-order valence-corrected chi connectivity index (χ4v) is 3.48. The molecular weight excluding hydrogens is 288 g/mol. The van der Waals surface area contributed by atoms with Crippen molar-refractivity contribution in [2.24, 2.45) is 0 Å². The Morgan fingerprint density at radius 2 is 2.05 bits per heavy atom. The van der Waals surface area contributed by atoms with Gasteiger partial charge in [0.2, 0.25) is 17.7 Å². The summed E-state index contributed by atoms with van der Waals surface area (Å²) in [4.78, 5) is 36.7. The maximum absolute atomic E-state index is 12.1. The first-order valence-electron chi connectivity index (χ1n) is 7.72. The zero-order valence-corrected chi connectivity index (χ0v) is 14.0. The zero-order valence-electron chi connectivity index (χ0n) is 13.2. The van der Waals surface area contributed by atoms with Gasteiger partial charge in [-0.25, -0.2) is 0 Å². The lowest BCUT2D eigenvalue weighted by molar-refractivity contribution is -0.138. The van der Waals surface area contributed by atoms with Gasteiger partial charge in [-0.15, -0.1) is 11.8 Å². The number of rotatable bonds is 9. The van der Waals surface area contributed by atoms with Gasteiger partial charge in [0, 0.05) is 25.9 Å². The molecular formula is C15H26N2O3S. The fraction of sp³-hybridized carbons (Fsp3) is 0.800. The highest BCUT2D eigenvalue weighted by atomic mass is 32.2. The molecule has 1 N–H and O–H groups in total. The minimum absolute atomic E-state index is 0.0394. The average Bonchev–Trinajstić information content (AvgIpc) is 2.65. The van der Waals surface area contributed by atoms with Gasteiger partial charge in [0.1, 0.15) is 0 Å². The van der Waals surface area contributed by atoms with Crippen LogP contribution < -0.4 is 5.32 Å². The van der Waals surface area contributed by atoms with Gasteiger partial charge in [-0.05, 0) is 25.0 Å². The van der Waals surface area contributed by atoms with Crippen LogP contribution in [0.4, 0.5) is 0 Å². The van der Waals surface area contributed by atoms with Crippen molar-refractivity contribution in [1.29, 1.82) is 0 Å². The summed E-state index contributed by atoms with van der Waals surface area (Å²) in [6.45, 7) is 7.11. The summed E-state index contributed by atoms with van der Waals surface area (Å²) < 4.78 is 0. The van der Waals surface area contributed by atoms with Gasteiger partial charge in [0.05, 0.1) is 5.25 Å². The third kappa shape index (κ3) is 6.08. The molecule has 120 valence electrons. The Balaban J connectivity index is 2.24. The first kappa shape index (κ1) is 18.0. The van der Waals surface area contributed by atoms with Crippen molar-refractivity contribution >= 4 is 29.5 Å². The van der Waals surface area contributed by atoms with Crippen molar-refractivity contribution < 1.29 is 14.4 Å². The van der Waals surface area contributed by atoms with E-state index in [4.69, 9.17) is 0 Å². The van der Waals surface area contributed by atoms with Gasteiger partial charge in [0.15, 0.2) is 0 Å². The molecule has 21 heavy (non-hydrogen) atoms. The summed E-state index contributed by atoms with van der Waals surface area (Å²) in [5.74, 6) is -0.0245. The van der Waals surface area contributed by atoms with E-state index in [0.29, 0.717) is 31.2 Å². The van der Waals surface area contributed by atoms with E-state index in [9.17, 15) is 14.4 Å². The molecule has 1 saturated heterocycles. The summed E-state index contributed by atoms with van der Waals surface area (Å²) in [6, 6.07) is 0. The highest BCUT2D eigenvalue weighted by Crippen LogP contribution is 2.28. The molecule has 0 aromatic rings. The summed E-state index contributed by atoms with van der Waals surface area (Å²) in [5, 5.41) is 2.90. The van der Waals surface area contributed by atoms with Gasteiger partial charge in [-0.2, -0.15) is 0 Å². The van der Waals surface area contributed by atoms with Gasteiger partial charge in [0.25, 0.3) is 0 Å². The van der Waals surface area contributed by atoms with Gasteiger partial charge in [-0.1, -0.05) is 20.3 Å². The van der Waals surface area contributed by atoms with Gasteiger partial charge >= 0.3 is 0 Å². The fourth-order valence-electron chi connectivity index (χ4n) is 2.34. The highest BCUT2D eigenvalue weighted by Gasteiger charge is 2.38. The third-order valence-electron chi connectivity index (χ3n) is 3.30. The number of unbranched alkanes of at least 4 members (excludes halogenated alkanes) is 2. The van der Waals surface area contributed by atoms with Gasteiger partial charge in [-0.3, -0.25) is 19.3 Å². The number of thioether (sulfide) groups is 1. The number of likely N-dealkylation sites (tertiary alicyclic amines) is 1. The molecule has 1 atom stereocenters. The van der Waals surface area contributed by atoms with Crippen molar-refractivity contribution in [3.63, 3.8) is 0 Å². The van der Waals surface area contributed by atoms with E-state index < -0.39 is 0 Å². The Morgan fingerprint density at radius 3 is 2.67 bits per heavy atom. The smallest absolute Gasteiger partial charge is 0.242 e. The predicted octanol–water partition coefficient (Wildman–Crippen LogP) is 1.95. The topological polar surface area (TPSA) is 66.5 Å². The highest BCUT2D eigenvalue weighted by molar-refractivity contribution is 8.01. The standard InChI is InChI=1S/C15H26N2O3S/c1-4-16-13(18)8-6-5-7-9-17-14(19)10-12(15(17)20)21-11(2)3/h11-12H,4-10H2,1-3H3,(H,16,18). The molecule has 0 radical (unpaired) electrons. The quantitative estimate of drug-likeness (QED) is 0.522. The summed E-state index contributed by atoms with van der Waals surface area (Å²) in [7, 11) is 0. The molecule has 1 unspecified atom stereocenters. The molecule has 0 saturated carbocycles. The van der Waals surface area contributed by atoms with E-state index >= 15 is 0 Å². The summed E-state index contributed by atoms with van der Waals surface area (Å²) in [6.07, 6.45) is 3.28. The van der Waals surface area contributed by atoms with Crippen molar-refractivity contribution in [1.82, 2.24) is 10.2 Å². The number of amides is 3. The van der Waals surface area contributed by atoms with Crippen LogP contribution in [0.2, 0.25) is 0 Å². The molecule has 0 aromatic heterocycles. The number of carbonyl (C=O) groups excluding carboxylic acids is 3. The van der Waals surface area contributed by atoms with Crippen LogP contribution in [0.25, 0.3) is 0 Å². The van der Waals surface area contributed by atoms with Crippen LogP contribution in [-0.2, 0) is 14.4 Å². The van der Waals surface area contributed by atoms with E-state index in [-0.39, 0.29) is 23.0 Å². The van der Waals surface area contributed by atoms with Crippen molar-refractivity contribution in [3.8, 4) is 0 Å². The largest absolute Gasteiger partial charge is 0.356 e. The normalized spacial score (nSPS) is 18.7. The Morgan fingerprint density at radius 1 is 1.33 bits per heavy atom. The molecule has 5 nitrogen and oxygen atoms in total. The van der Waals surface area contributed by atoms with E-state index in [0.717, 1.165) is 19.3 Å². The van der Waals surface area contributed by atoms with Crippen molar-refractivity contribution in [3.05, 3.63) is 0 Å². The van der Waals surface area contributed by atoms with Crippen LogP contribution in [0.15, 0.2) is 0 Å². The number of nitrogens with zero attached hydrogens (tertiary/aromatic N) is 1. The molecule has 3 amide bonds. The first-order valence-corrected chi connectivity index (χ1v) is 8.66. The van der Waals surface area contributed by atoms with E-state index in [2.05, 4.69) is 5.32 Å². The lowest BCUT2D eigenvalue weighted by Gasteiger charge is -2.15. The molecule has 0 bridgehead atoms. The van der Waals surface area contributed by atoms with E-state index in [1.165, 1.54) is 4.90 Å². The van der Waals surface area contributed by atoms with E-state index in [1.54, 1.807) is 11.8 Å². The molecule has 1 rings (SSSR count). The summed E-state index contributed by atoms with van der Waals surface area (Å²) in [5.41, 5.74) is 0. The van der Waals surface area contributed by atoms with Crippen LogP contribution in [0.3, 0.4) is 0 Å². The summed E-state index contributed by atoms with van der Waals surface area (Å²) >= 11 is 1.57. The van der Waals surface area contributed by atoms with Crippen molar-refractivity contribution in [2.75, 3.05) is 13.1 Å². The van der Waals surface area contributed by atoms with Crippen LogP contribution in [-0.4, -0.2) is 46.2 Å². The first-order chi connectivity index (χ1) is 9.95. The lowest BCUT2D eigenvalue weighted by atomic mass is 10.2. The molecule has 1 fully saturated rings. The Labute approximate surface area is 131 Å². The third-order valence-corrected chi connectivity index (χ3v) is 4.54. The van der Waals surface area contributed by atoms with Crippen molar-refractivity contribution in [2.45, 2.75) is 63.4 Å². The second-order valence-electron chi connectivity index (χ2n) is 5.53. The molecule has 1 aliphatic heterocycles. The second kappa shape index (κ2) is 9.07. The maximum atomic E-state index is 12.1. The van der Waals surface area contributed by atoms with Crippen LogP contribution in [0.5, 0.6) is 0 Å². The lowest BCUT2D eigenvalue weighted by Crippen LogP contribution is -2.32. The number of nitrogens with one attached hydrogen (secondary N) is 1. The Bertz CT molecular complexity index is 385. The van der Waals surface area contributed by atoms with Gasteiger partial charge < -0.3 is 5.32 Å². The molecule has 1 aliphatic rings. The molecule has 0 aliphatic carbocycles. The van der Waals surface area contributed by atoms with Crippen LogP contribution in [0.1, 0.15) is 52.9 Å². The van der Waals surface area contributed by atoms with Crippen LogP contribution >= 0.6 is 11.8 Å². The van der Waals surface area contributed by atoms with E-state index in [1.807, 2.05) is 20.8 Å². The molecule has 0 aromatic carbocycles. The second-order valence-corrected chi connectivity index (χ2v) is 7.31. The van der Waals surface area contributed by atoms with Crippen LogP contribution in [0, 0.1) is 0 Å². The Kier molecular flexibility index (Phi) is 7.78. The predicted molar refractivity (Wildman–Crippen MR) is 85.0 cm³/mol. The number of imide groups is 1.